The second kappa shape index (κ2) is 7.75. The van der Waals surface area contributed by atoms with E-state index in [2.05, 4.69) is 43.4 Å². The van der Waals surface area contributed by atoms with Gasteiger partial charge >= 0.3 is 0 Å². The van der Waals surface area contributed by atoms with E-state index in [0.29, 0.717) is 6.04 Å². The van der Waals surface area contributed by atoms with Crippen LogP contribution in [0, 0.1) is 0 Å². The van der Waals surface area contributed by atoms with E-state index in [4.69, 9.17) is 0 Å². The maximum absolute atomic E-state index is 3.39. The minimum absolute atomic E-state index is 0.488. The van der Waals surface area contributed by atoms with Gasteiger partial charge in [-0.2, -0.15) is 11.8 Å². The van der Waals surface area contributed by atoms with Crippen LogP contribution in [0.4, 0.5) is 0 Å². The van der Waals surface area contributed by atoms with Crippen LogP contribution in [0.25, 0.3) is 0 Å². The summed E-state index contributed by atoms with van der Waals surface area (Å²) in [4.78, 5) is 0. The summed E-state index contributed by atoms with van der Waals surface area (Å²) in [6.07, 6.45) is 2.38. The largest absolute Gasteiger partial charge is 0.312 e. The highest BCUT2D eigenvalue weighted by atomic mass is 32.2. The molecule has 1 aromatic carbocycles. The summed E-state index contributed by atoms with van der Waals surface area (Å²) >= 11 is 2.03. The molecule has 1 rings (SSSR count). The average molecular weight is 237 g/mol. The van der Waals surface area contributed by atoms with Crippen LogP contribution in [0.2, 0.25) is 0 Å². The summed E-state index contributed by atoms with van der Waals surface area (Å²) in [5, 5.41) is 3.39. The van der Waals surface area contributed by atoms with Crippen LogP contribution in [0.5, 0.6) is 0 Å². The number of nitrogens with one attached hydrogen (secondary N) is 1. The number of benzene rings is 1. The molecule has 0 aromatic heterocycles. The predicted octanol–water partition coefficient (Wildman–Crippen LogP) is 3.65. The summed E-state index contributed by atoms with van der Waals surface area (Å²) in [7, 11) is 2.05. The van der Waals surface area contributed by atoms with Gasteiger partial charge in [-0.3, -0.25) is 0 Å². The van der Waals surface area contributed by atoms with Crippen LogP contribution < -0.4 is 5.32 Å². The third-order valence-electron chi connectivity index (χ3n) is 2.77. The molecule has 0 aliphatic heterocycles. The summed E-state index contributed by atoms with van der Waals surface area (Å²) in [6, 6.07) is 9.48. The minimum Gasteiger partial charge on any atom is -0.312 e. The third kappa shape index (κ3) is 4.18. The van der Waals surface area contributed by atoms with Gasteiger partial charge in [0.2, 0.25) is 0 Å². The molecule has 0 bridgehead atoms. The zero-order chi connectivity index (χ0) is 11.8. The minimum atomic E-state index is 0.488. The maximum Gasteiger partial charge on any atom is 0.0409 e. The lowest BCUT2D eigenvalue weighted by Crippen LogP contribution is -2.18. The van der Waals surface area contributed by atoms with Crippen molar-refractivity contribution in [1.29, 1.82) is 0 Å². The first-order chi connectivity index (χ1) is 7.81. The fourth-order valence-electron chi connectivity index (χ4n) is 1.68. The quantitative estimate of drug-likeness (QED) is 0.726. The van der Waals surface area contributed by atoms with Gasteiger partial charge in [-0.25, -0.2) is 0 Å². The SMILES string of the molecule is CCCSCC(NC)c1ccc(CC)cc1. The topological polar surface area (TPSA) is 12.0 Å². The van der Waals surface area contributed by atoms with Crippen molar-refractivity contribution < 1.29 is 0 Å². The molecule has 16 heavy (non-hydrogen) atoms. The molecular formula is C14H23NS. The van der Waals surface area contributed by atoms with Crippen molar-refractivity contribution in [2.24, 2.45) is 0 Å². The molecule has 1 nitrogen and oxygen atoms in total. The van der Waals surface area contributed by atoms with E-state index in [1.807, 2.05) is 18.8 Å². The Morgan fingerprint density at radius 1 is 1.19 bits per heavy atom. The van der Waals surface area contributed by atoms with E-state index < -0.39 is 0 Å². The molecule has 2 heteroatoms. The first-order valence-corrected chi connectivity index (χ1v) is 7.31. The van der Waals surface area contributed by atoms with E-state index in [1.165, 1.54) is 23.3 Å². The number of thioether (sulfide) groups is 1. The van der Waals surface area contributed by atoms with Crippen LogP contribution >= 0.6 is 11.8 Å². The van der Waals surface area contributed by atoms with Gasteiger partial charge in [0.25, 0.3) is 0 Å². The Morgan fingerprint density at radius 2 is 1.88 bits per heavy atom. The lowest BCUT2D eigenvalue weighted by molar-refractivity contribution is 0.661. The molecule has 1 aromatic rings. The number of hydrogen-bond acceptors (Lipinski definition) is 2. The summed E-state index contributed by atoms with van der Waals surface area (Å²) < 4.78 is 0. The number of rotatable bonds is 7. The van der Waals surface area contributed by atoms with Crippen LogP contribution in [0.15, 0.2) is 24.3 Å². The van der Waals surface area contributed by atoms with Gasteiger partial charge in [0.15, 0.2) is 0 Å². The summed E-state index contributed by atoms with van der Waals surface area (Å²) in [5.41, 5.74) is 2.82. The second-order valence-electron chi connectivity index (χ2n) is 4.01. The van der Waals surface area contributed by atoms with Crippen molar-refractivity contribution in [3.8, 4) is 0 Å². The van der Waals surface area contributed by atoms with Crippen molar-refractivity contribution in [2.75, 3.05) is 18.6 Å². The Hall–Kier alpha value is -0.470. The van der Waals surface area contributed by atoms with E-state index in [1.54, 1.807) is 0 Å². The number of hydrogen-bond donors (Lipinski definition) is 1. The molecule has 0 amide bonds. The fraction of sp³-hybridized carbons (Fsp3) is 0.571. The fourth-order valence-corrected chi connectivity index (χ4v) is 2.73. The van der Waals surface area contributed by atoms with Crippen LogP contribution in [0.1, 0.15) is 37.4 Å². The van der Waals surface area contributed by atoms with Crippen molar-refractivity contribution >= 4 is 11.8 Å². The lowest BCUT2D eigenvalue weighted by Gasteiger charge is -2.16. The van der Waals surface area contributed by atoms with Crippen molar-refractivity contribution in [3.05, 3.63) is 35.4 Å². The summed E-state index contributed by atoms with van der Waals surface area (Å²) in [5.74, 6) is 2.42. The Labute approximate surface area is 104 Å². The van der Waals surface area contributed by atoms with E-state index >= 15 is 0 Å². The van der Waals surface area contributed by atoms with Crippen molar-refractivity contribution in [2.45, 2.75) is 32.7 Å². The molecule has 0 saturated heterocycles. The smallest absolute Gasteiger partial charge is 0.0409 e. The second-order valence-corrected chi connectivity index (χ2v) is 5.16. The normalized spacial score (nSPS) is 12.7. The monoisotopic (exact) mass is 237 g/mol. The van der Waals surface area contributed by atoms with E-state index in [0.717, 1.165) is 12.2 Å². The van der Waals surface area contributed by atoms with Gasteiger partial charge in [0.05, 0.1) is 0 Å². The first-order valence-electron chi connectivity index (χ1n) is 6.15. The Balaban J connectivity index is 2.56. The van der Waals surface area contributed by atoms with Crippen molar-refractivity contribution in [3.63, 3.8) is 0 Å². The summed E-state index contributed by atoms with van der Waals surface area (Å²) in [6.45, 7) is 4.43. The Morgan fingerprint density at radius 3 is 2.38 bits per heavy atom. The zero-order valence-electron chi connectivity index (χ0n) is 10.6. The highest BCUT2D eigenvalue weighted by Crippen LogP contribution is 2.19. The zero-order valence-corrected chi connectivity index (χ0v) is 11.4. The third-order valence-corrected chi connectivity index (χ3v) is 4.04. The van der Waals surface area contributed by atoms with E-state index in [9.17, 15) is 0 Å². The molecule has 0 saturated carbocycles. The van der Waals surface area contributed by atoms with Crippen LogP contribution in [-0.2, 0) is 6.42 Å². The molecule has 1 atom stereocenters. The lowest BCUT2D eigenvalue weighted by atomic mass is 10.1. The predicted molar refractivity (Wildman–Crippen MR) is 75.2 cm³/mol. The molecule has 1 N–H and O–H groups in total. The van der Waals surface area contributed by atoms with Gasteiger partial charge < -0.3 is 5.32 Å². The van der Waals surface area contributed by atoms with Gasteiger partial charge in [0, 0.05) is 11.8 Å². The molecule has 0 fully saturated rings. The highest BCUT2D eigenvalue weighted by molar-refractivity contribution is 7.99. The molecule has 90 valence electrons. The molecule has 0 radical (unpaired) electrons. The van der Waals surface area contributed by atoms with Crippen LogP contribution in [-0.4, -0.2) is 18.6 Å². The van der Waals surface area contributed by atoms with Gasteiger partial charge in [-0.1, -0.05) is 38.1 Å². The molecule has 0 aliphatic rings. The van der Waals surface area contributed by atoms with Gasteiger partial charge in [-0.15, -0.1) is 0 Å². The molecule has 0 aliphatic carbocycles. The standard InChI is InChI=1S/C14H23NS/c1-4-10-16-11-14(15-3)13-8-6-12(5-2)7-9-13/h6-9,14-15H,4-5,10-11H2,1-3H3. The Kier molecular flexibility index (Phi) is 6.58. The highest BCUT2D eigenvalue weighted by Gasteiger charge is 2.08. The maximum atomic E-state index is 3.39. The average Bonchev–Trinajstić information content (AvgIpc) is 2.35. The molecule has 0 heterocycles. The van der Waals surface area contributed by atoms with Gasteiger partial charge in [0.1, 0.15) is 0 Å². The van der Waals surface area contributed by atoms with Crippen LogP contribution in [0.3, 0.4) is 0 Å². The first kappa shape index (κ1) is 13.6. The van der Waals surface area contributed by atoms with E-state index in [-0.39, 0.29) is 0 Å². The Bertz CT molecular complexity index is 281. The van der Waals surface area contributed by atoms with Gasteiger partial charge in [-0.05, 0) is 36.8 Å². The molecular weight excluding hydrogens is 214 g/mol. The molecule has 1 unspecified atom stereocenters. The van der Waals surface area contributed by atoms with Crippen molar-refractivity contribution in [1.82, 2.24) is 5.32 Å². The molecule has 0 spiro atoms. The number of aryl methyl sites for hydroxylation is 1.